The van der Waals surface area contributed by atoms with E-state index in [1.165, 1.54) is 0 Å². The molecular weight excluding hydrogens is 434 g/mol. The van der Waals surface area contributed by atoms with Gasteiger partial charge in [-0.05, 0) is 61.9 Å². The van der Waals surface area contributed by atoms with Crippen LogP contribution in [0, 0.1) is 6.92 Å². The summed E-state index contributed by atoms with van der Waals surface area (Å²) in [5.74, 6) is 1.27. The zero-order valence-corrected chi connectivity index (χ0v) is 19.9. The minimum absolute atomic E-state index is 0.222. The third-order valence-corrected chi connectivity index (χ3v) is 5.27. The Labute approximate surface area is 199 Å². The van der Waals surface area contributed by atoms with Crippen molar-refractivity contribution in [1.29, 1.82) is 0 Å². The van der Waals surface area contributed by atoms with Crippen LogP contribution in [0.2, 0.25) is 0 Å². The van der Waals surface area contributed by atoms with Gasteiger partial charge in [0.2, 0.25) is 5.91 Å². The largest absolute Gasteiger partial charge is 0.495 e. The lowest BCUT2D eigenvalue weighted by Crippen LogP contribution is -2.32. The lowest BCUT2D eigenvalue weighted by molar-refractivity contribution is -0.116. The molecule has 3 aromatic carbocycles. The molecule has 0 aliphatic carbocycles. The molecule has 0 aliphatic rings. The van der Waals surface area contributed by atoms with E-state index in [-0.39, 0.29) is 11.8 Å². The quantitative estimate of drug-likeness (QED) is 0.425. The Morgan fingerprint density at radius 1 is 0.765 bits per heavy atom. The van der Waals surface area contributed by atoms with Gasteiger partial charge >= 0.3 is 0 Å². The van der Waals surface area contributed by atoms with E-state index in [1.54, 1.807) is 70.7 Å². The molecule has 0 radical (unpaired) electrons. The number of methoxy groups -OCH3 is 3. The third-order valence-electron chi connectivity index (χ3n) is 5.27. The second-order valence-electron chi connectivity index (χ2n) is 7.61. The van der Waals surface area contributed by atoms with Gasteiger partial charge in [-0.15, -0.1) is 0 Å². The summed E-state index contributed by atoms with van der Waals surface area (Å²) in [7, 11) is 4.69. The fourth-order valence-corrected chi connectivity index (χ4v) is 3.33. The number of amides is 2. The van der Waals surface area contributed by atoms with Crippen LogP contribution in [0.25, 0.3) is 0 Å². The lowest BCUT2D eigenvalue weighted by Gasteiger charge is -2.19. The van der Waals surface area contributed by atoms with Crippen molar-refractivity contribution in [3.63, 3.8) is 0 Å². The molecule has 0 fully saturated rings. The molecule has 0 aromatic heterocycles. The maximum atomic E-state index is 12.7. The highest BCUT2D eigenvalue weighted by molar-refractivity contribution is 6.05. The molecule has 0 unspecified atom stereocenters. The molecule has 0 spiro atoms. The Balaban J connectivity index is 1.62. The van der Waals surface area contributed by atoms with E-state index in [9.17, 15) is 9.59 Å². The highest BCUT2D eigenvalue weighted by atomic mass is 16.5. The summed E-state index contributed by atoms with van der Waals surface area (Å²) >= 11 is 0. The molecule has 3 aromatic rings. The van der Waals surface area contributed by atoms with Gasteiger partial charge in [0.15, 0.2) is 11.5 Å². The molecule has 8 heteroatoms. The summed E-state index contributed by atoms with van der Waals surface area (Å²) in [5, 5.41) is 8.88. The van der Waals surface area contributed by atoms with E-state index < -0.39 is 6.04 Å². The summed E-state index contributed by atoms with van der Waals surface area (Å²) in [6.45, 7) is 3.68. The molecular formula is C26H29N3O5. The first-order valence-electron chi connectivity index (χ1n) is 10.7. The number of anilines is 3. The summed E-state index contributed by atoms with van der Waals surface area (Å²) in [4.78, 5) is 25.3. The Morgan fingerprint density at radius 2 is 1.38 bits per heavy atom. The molecule has 0 aliphatic heterocycles. The minimum atomic E-state index is -0.523. The van der Waals surface area contributed by atoms with Crippen LogP contribution in [0.15, 0.2) is 60.7 Å². The number of para-hydroxylation sites is 2. The van der Waals surface area contributed by atoms with Crippen molar-refractivity contribution >= 4 is 28.9 Å². The Morgan fingerprint density at radius 3 is 2.03 bits per heavy atom. The van der Waals surface area contributed by atoms with Gasteiger partial charge < -0.3 is 30.2 Å². The molecule has 2 amide bonds. The monoisotopic (exact) mass is 463 g/mol. The van der Waals surface area contributed by atoms with Crippen molar-refractivity contribution in [1.82, 2.24) is 0 Å². The first kappa shape index (κ1) is 24.4. The topological polar surface area (TPSA) is 97.9 Å². The maximum Gasteiger partial charge on any atom is 0.255 e. The van der Waals surface area contributed by atoms with Crippen LogP contribution in [0.5, 0.6) is 17.2 Å². The van der Waals surface area contributed by atoms with E-state index in [4.69, 9.17) is 14.2 Å². The van der Waals surface area contributed by atoms with Gasteiger partial charge in [0.25, 0.3) is 5.91 Å². The number of hydrogen-bond acceptors (Lipinski definition) is 6. The van der Waals surface area contributed by atoms with Crippen LogP contribution in [0.4, 0.5) is 17.1 Å². The average molecular weight is 464 g/mol. The number of rotatable bonds is 9. The number of carbonyl (C=O) groups is 2. The van der Waals surface area contributed by atoms with Crippen molar-refractivity contribution in [3.8, 4) is 17.2 Å². The van der Waals surface area contributed by atoms with E-state index in [0.717, 1.165) is 11.3 Å². The van der Waals surface area contributed by atoms with Crippen LogP contribution >= 0.6 is 0 Å². The number of nitrogens with one attached hydrogen (secondary N) is 3. The molecule has 0 saturated carbocycles. The molecule has 178 valence electrons. The van der Waals surface area contributed by atoms with Gasteiger partial charge in [-0.25, -0.2) is 0 Å². The number of benzene rings is 3. The maximum absolute atomic E-state index is 12.7. The highest BCUT2D eigenvalue weighted by Gasteiger charge is 2.16. The van der Waals surface area contributed by atoms with Gasteiger partial charge in [-0.2, -0.15) is 0 Å². The van der Waals surface area contributed by atoms with Crippen molar-refractivity contribution < 1.29 is 23.8 Å². The van der Waals surface area contributed by atoms with Crippen LogP contribution in [-0.4, -0.2) is 39.2 Å². The SMILES string of the molecule is COc1ccccc1NC(=O)c1ccc(NC(=O)[C@@H](C)Nc2cc(OC)c(OC)cc2C)cc1. The van der Waals surface area contributed by atoms with Gasteiger partial charge in [0, 0.05) is 23.0 Å². The number of ether oxygens (including phenoxy) is 3. The zero-order valence-electron chi connectivity index (χ0n) is 19.9. The van der Waals surface area contributed by atoms with Crippen molar-refractivity contribution in [3.05, 3.63) is 71.8 Å². The van der Waals surface area contributed by atoms with Crippen LogP contribution in [-0.2, 0) is 4.79 Å². The number of aryl methyl sites for hydroxylation is 1. The standard InChI is InChI=1S/C26H29N3O5/c1-16-14-23(33-4)24(34-5)15-21(16)27-17(2)25(30)28-19-12-10-18(11-13-19)26(31)29-20-8-6-7-9-22(20)32-3/h6-15,17,27H,1-5H3,(H,28,30)(H,29,31)/t17-/m1/s1. The molecule has 3 N–H and O–H groups in total. The van der Waals surface area contributed by atoms with Crippen LogP contribution in [0.3, 0.4) is 0 Å². The normalized spacial score (nSPS) is 11.2. The van der Waals surface area contributed by atoms with E-state index in [0.29, 0.717) is 34.2 Å². The van der Waals surface area contributed by atoms with Crippen molar-refractivity contribution in [2.75, 3.05) is 37.3 Å². The van der Waals surface area contributed by atoms with Gasteiger partial charge in [-0.1, -0.05) is 12.1 Å². The predicted molar refractivity (Wildman–Crippen MR) is 133 cm³/mol. The van der Waals surface area contributed by atoms with Crippen molar-refractivity contribution in [2.24, 2.45) is 0 Å². The predicted octanol–water partition coefficient (Wildman–Crippen LogP) is 4.71. The Bertz CT molecular complexity index is 1160. The molecule has 0 heterocycles. The molecule has 1 atom stereocenters. The Kier molecular flexibility index (Phi) is 7.97. The summed E-state index contributed by atoms with van der Waals surface area (Å²) < 4.78 is 15.9. The number of hydrogen-bond donors (Lipinski definition) is 3. The van der Waals surface area contributed by atoms with Gasteiger partial charge in [-0.3, -0.25) is 9.59 Å². The zero-order chi connectivity index (χ0) is 24.7. The second-order valence-corrected chi connectivity index (χ2v) is 7.61. The summed E-state index contributed by atoms with van der Waals surface area (Å²) in [5.41, 5.74) is 3.30. The van der Waals surface area contributed by atoms with Gasteiger partial charge in [0.1, 0.15) is 11.8 Å². The highest BCUT2D eigenvalue weighted by Crippen LogP contribution is 2.33. The fourth-order valence-electron chi connectivity index (χ4n) is 3.33. The average Bonchev–Trinajstić information content (AvgIpc) is 2.85. The second kappa shape index (κ2) is 11.1. The third kappa shape index (κ3) is 5.78. The van der Waals surface area contributed by atoms with Crippen LogP contribution in [0.1, 0.15) is 22.8 Å². The first-order chi connectivity index (χ1) is 16.4. The number of carbonyl (C=O) groups excluding carboxylic acids is 2. The van der Waals surface area contributed by atoms with Gasteiger partial charge in [0.05, 0.1) is 27.0 Å². The fraction of sp³-hybridized carbons (Fsp3) is 0.231. The molecule has 0 saturated heterocycles. The summed E-state index contributed by atoms with van der Waals surface area (Å²) in [6.07, 6.45) is 0. The van der Waals surface area contributed by atoms with E-state index in [1.807, 2.05) is 25.1 Å². The lowest BCUT2D eigenvalue weighted by atomic mass is 10.1. The summed E-state index contributed by atoms with van der Waals surface area (Å²) in [6, 6.07) is 17.0. The van der Waals surface area contributed by atoms with Crippen LogP contribution < -0.4 is 30.2 Å². The van der Waals surface area contributed by atoms with Crippen molar-refractivity contribution in [2.45, 2.75) is 19.9 Å². The molecule has 34 heavy (non-hydrogen) atoms. The van der Waals surface area contributed by atoms with E-state index in [2.05, 4.69) is 16.0 Å². The smallest absolute Gasteiger partial charge is 0.255 e. The van der Waals surface area contributed by atoms with E-state index >= 15 is 0 Å². The minimum Gasteiger partial charge on any atom is -0.495 e. The molecule has 8 nitrogen and oxygen atoms in total. The Hall–Kier alpha value is -4.20. The molecule has 3 rings (SSSR count). The molecule has 0 bridgehead atoms. The first-order valence-corrected chi connectivity index (χ1v) is 10.7.